The fourth-order valence-corrected chi connectivity index (χ4v) is 4.61. The molecule has 2 saturated carbocycles. The second-order valence-corrected chi connectivity index (χ2v) is 7.45. The third kappa shape index (κ3) is 2.78. The van der Waals surface area contributed by atoms with E-state index in [0.29, 0.717) is 10.7 Å². The van der Waals surface area contributed by atoms with Gasteiger partial charge in [0.05, 0.1) is 11.8 Å². The molecule has 6 nitrogen and oxygen atoms in total. The van der Waals surface area contributed by atoms with Gasteiger partial charge in [-0.1, -0.05) is 17.7 Å². The minimum Gasteiger partial charge on any atom is -0.462 e. The van der Waals surface area contributed by atoms with Crippen LogP contribution < -0.4 is 5.32 Å². The fourth-order valence-electron chi connectivity index (χ4n) is 4.43. The summed E-state index contributed by atoms with van der Waals surface area (Å²) >= 11 is 6.02. The standard InChI is InChI=1S/C18H18ClNO5/c1-8-2-3-10(6-12(8)19)20-14(21)7-24-17(22)15-9-4-11-13(5-9)25-18(23)16(11)15/h2-3,6,9,11,13,15-16H,4-5,7H2,1H3,(H,20,21)/t9-,11-,13-,15+,16+/m1/s1. The van der Waals surface area contributed by atoms with Crippen molar-refractivity contribution in [3.05, 3.63) is 28.8 Å². The molecule has 1 saturated heterocycles. The Hall–Kier alpha value is -2.08. The van der Waals surface area contributed by atoms with Crippen LogP contribution in [0.3, 0.4) is 0 Å². The molecule has 1 aromatic rings. The number of nitrogens with one attached hydrogen (secondary N) is 1. The largest absolute Gasteiger partial charge is 0.462 e. The van der Waals surface area contributed by atoms with Crippen molar-refractivity contribution in [2.75, 3.05) is 11.9 Å². The molecule has 3 aliphatic rings. The summed E-state index contributed by atoms with van der Waals surface area (Å²) in [6.45, 7) is 1.48. The third-order valence-corrected chi connectivity index (χ3v) is 5.96. The van der Waals surface area contributed by atoms with Crippen molar-refractivity contribution in [2.45, 2.75) is 25.9 Å². The average Bonchev–Trinajstić information content (AvgIpc) is 3.18. The van der Waals surface area contributed by atoms with E-state index in [4.69, 9.17) is 21.1 Å². The molecule has 2 aliphatic carbocycles. The summed E-state index contributed by atoms with van der Waals surface area (Å²) in [5.41, 5.74) is 1.45. The van der Waals surface area contributed by atoms with Crippen molar-refractivity contribution in [2.24, 2.45) is 23.7 Å². The first kappa shape index (κ1) is 16.4. The van der Waals surface area contributed by atoms with Crippen LogP contribution in [0.15, 0.2) is 18.2 Å². The summed E-state index contributed by atoms with van der Waals surface area (Å²) in [5.74, 6) is -1.82. The molecule has 1 heterocycles. The van der Waals surface area contributed by atoms with Crippen molar-refractivity contribution in [1.29, 1.82) is 0 Å². The summed E-state index contributed by atoms with van der Waals surface area (Å²) in [6, 6.07) is 5.16. The van der Waals surface area contributed by atoms with Gasteiger partial charge in [-0.15, -0.1) is 0 Å². The van der Waals surface area contributed by atoms with E-state index in [-0.39, 0.29) is 30.5 Å². The van der Waals surface area contributed by atoms with Crippen LogP contribution in [0, 0.1) is 30.6 Å². The first-order valence-corrected chi connectivity index (χ1v) is 8.75. The lowest BCUT2D eigenvalue weighted by molar-refractivity contribution is -0.157. The van der Waals surface area contributed by atoms with E-state index in [2.05, 4.69) is 5.32 Å². The van der Waals surface area contributed by atoms with Crippen molar-refractivity contribution in [3.63, 3.8) is 0 Å². The lowest BCUT2D eigenvalue weighted by atomic mass is 9.80. The molecule has 1 aromatic carbocycles. The maximum atomic E-state index is 12.4. The van der Waals surface area contributed by atoms with Crippen LogP contribution in [0.5, 0.6) is 0 Å². The monoisotopic (exact) mass is 363 g/mol. The maximum absolute atomic E-state index is 12.4. The normalized spacial score (nSPS) is 31.8. The highest BCUT2D eigenvalue weighted by Gasteiger charge is 2.64. The highest BCUT2D eigenvalue weighted by molar-refractivity contribution is 6.31. The maximum Gasteiger partial charge on any atom is 0.310 e. The predicted molar refractivity (Wildman–Crippen MR) is 88.9 cm³/mol. The quantitative estimate of drug-likeness (QED) is 0.830. The molecule has 7 heteroatoms. The fraction of sp³-hybridized carbons (Fsp3) is 0.500. The summed E-state index contributed by atoms with van der Waals surface area (Å²) in [6.07, 6.45) is 1.52. The summed E-state index contributed by atoms with van der Waals surface area (Å²) < 4.78 is 10.5. The number of aryl methyl sites for hydroxylation is 1. The third-order valence-electron chi connectivity index (χ3n) is 5.56. The highest BCUT2D eigenvalue weighted by Crippen LogP contribution is 2.57. The Morgan fingerprint density at radius 3 is 2.92 bits per heavy atom. The molecule has 3 fully saturated rings. The van der Waals surface area contributed by atoms with Gasteiger partial charge in [-0.05, 0) is 43.4 Å². The van der Waals surface area contributed by atoms with Gasteiger partial charge in [-0.25, -0.2) is 0 Å². The van der Waals surface area contributed by atoms with Crippen molar-refractivity contribution in [1.82, 2.24) is 0 Å². The Morgan fingerprint density at radius 2 is 2.16 bits per heavy atom. The number of esters is 2. The summed E-state index contributed by atoms with van der Waals surface area (Å²) in [7, 11) is 0. The zero-order chi connectivity index (χ0) is 17.7. The number of hydrogen-bond donors (Lipinski definition) is 1. The van der Waals surface area contributed by atoms with E-state index in [1.165, 1.54) is 0 Å². The zero-order valence-electron chi connectivity index (χ0n) is 13.7. The lowest BCUT2D eigenvalue weighted by Gasteiger charge is -2.22. The van der Waals surface area contributed by atoms with Crippen LogP contribution in [0.4, 0.5) is 5.69 Å². The second kappa shape index (κ2) is 6.02. The molecule has 1 aliphatic heterocycles. The van der Waals surface area contributed by atoms with Crippen molar-refractivity contribution < 1.29 is 23.9 Å². The number of rotatable bonds is 4. The molecule has 0 spiro atoms. The molecule has 2 bridgehead atoms. The molecule has 0 aromatic heterocycles. The predicted octanol–water partition coefficient (Wildman–Crippen LogP) is 2.33. The molecular weight excluding hydrogens is 346 g/mol. The van der Waals surface area contributed by atoms with Gasteiger partial charge >= 0.3 is 11.9 Å². The summed E-state index contributed by atoms with van der Waals surface area (Å²) in [5, 5.41) is 3.19. The Kier molecular flexibility index (Phi) is 3.95. The number of fused-ring (bicyclic) bond motifs is 1. The Morgan fingerprint density at radius 1 is 1.36 bits per heavy atom. The number of benzene rings is 1. The van der Waals surface area contributed by atoms with Gasteiger partial charge in [0.1, 0.15) is 6.10 Å². The Labute approximate surface area is 149 Å². The van der Waals surface area contributed by atoms with E-state index >= 15 is 0 Å². The topological polar surface area (TPSA) is 81.7 Å². The second-order valence-electron chi connectivity index (χ2n) is 7.04. The zero-order valence-corrected chi connectivity index (χ0v) is 14.4. The number of amides is 1. The molecule has 132 valence electrons. The number of halogens is 1. The Balaban J connectivity index is 1.34. The van der Waals surface area contributed by atoms with Crippen LogP contribution >= 0.6 is 11.6 Å². The van der Waals surface area contributed by atoms with Gasteiger partial charge in [0.2, 0.25) is 0 Å². The highest BCUT2D eigenvalue weighted by atomic mass is 35.5. The van der Waals surface area contributed by atoms with Crippen LogP contribution in [0.1, 0.15) is 18.4 Å². The van der Waals surface area contributed by atoms with Crippen molar-refractivity contribution in [3.8, 4) is 0 Å². The van der Waals surface area contributed by atoms with E-state index in [0.717, 1.165) is 18.4 Å². The molecule has 1 amide bonds. The number of ether oxygens (including phenoxy) is 2. The minimum atomic E-state index is -0.480. The van der Waals surface area contributed by atoms with Gasteiger partial charge in [0, 0.05) is 16.6 Å². The SMILES string of the molecule is Cc1ccc(NC(=O)COC(=O)[C@H]2[C@@H]3C[C@H]4[C@@H]2C(=O)O[C@@H]4C3)cc1Cl. The van der Waals surface area contributed by atoms with Gasteiger partial charge in [-0.3, -0.25) is 14.4 Å². The number of hydrogen-bond acceptors (Lipinski definition) is 5. The Bertz CT molecular complexity index is 762. The molecule has 0 radical (unpaired) electrons. The van der Waals surface area contributed by atoms with Crippen LogP contribution in [-0.4, -0.2) is 30.6 Å². The molecule has 1 N–H and O–H groups in total. The van der Waals surface area contributed by atoms with Gasteiger partial charge < -0.3 is 14.8 Å². The lowest BCUT2D eigenvalue weighted by Crippen LogP contribution is -2.34. The molecule has 4 rings (SSSR count). The van der Waals surface area contributed by atoms with Gasteiger partial charge in [-0.2, -0.15) is 0 Å². The van der Waals surface area contributed by atoms with E-state index < -0.39 is 23.7 Å². The first-order valence-electron chi connectivity index (χ1n) is 8.37. The first-order chi connectivity index (χ1) is 11.9. The van der Waals surface area contributed by atoms with Crippen LogP contribution in [0.25, 0.3) is 0 Å². The summed E-state index contributed by atoms with van der Waals surface area (Å²) in [4.78, 5) is 36.3. The molecule has 5 atom stereocenters. The smallest absolute Gasteiger partial charge is 0.310 e. The van der Waals surface area contributed by atoms with E-state index in [9.17, 15) is 14.4 Å². The van der Waals surface area contributed by atoms with Crippen LogP contribution in [0.2, 0.25) is 5.02 Å². The average molecular weight is 364 g/mol. The van der Waals surface area contributed by atoms with E-state index in [1.807, 2.05) is 6.92 Å². The minimum absolute atomic E-state index is 0.0267. The number of anilines is 1. The van der Waals surface area contributed by atoms with Crippen LogP contribution in [-0.2, 0) is 23.9 Å². The van der Waals surface area contributed by atoms with Gasteiger partial charge in [0.25, 0.3) is 5.91 Å². The van der Waals surface area contributed by atoms with Gasteiger partial charge in [0.15, 0.2) is 6.61 Å². The number of carbonyl (C=O) groups excluding carboxylic acids is 3. The number of carbonyl (C=O) groups is 3. The molecular formula is C18H18ClNO5. The van der Waals surface area contributed by atoms with E-state index in [1.54, 1.807) is 18.2 Å². The van der Waals surface area contributed by atoms with Crippen molar-refractivity contribution >= 4 is 35.1 Å². The molecule has 25 heavy (non-hydrogen) atoms. The molecule has 0 unspecified atom stereocenters.